The second-order valence-electron chi connectivity index (χ2n) is 6.36. The molecule has 2 aromatic carbocycles. The van der Waals surface area contributed by atoms with E-state index < -0.39 is 0 Å². The average molecular weight is 390 g/mol. The molecule has 0 fully saturated rings. The molecule has 146 valence electrons. The third-order valence-electron chi connectivity index (χ3n) is 4.24. The number of nitrogens with zero attached hydrogens (tertiary/aromatic N) is 2. The van der Waals surface area contributed by atoms with Gasteiger partial charge in [0.2, 0.25) is 0 Å². The van der Waals surface area contributed by atoms with Crippen molar-refractivity contribution >= 4 is 28.9 Å². The zero-order valence-corrected chi connectivity index (χ0v) is 15.6. The van der Waals surface area contributed by atoms with Crippen molar-refractivity contribution in [3.05, 3.63) is 66.1 Å². The van der Waals surface area contributed by atoms with Crippen LogP contribution in [-0.4, -0.2) is 34.9 Å². The van der Waals surface area contributed by atoms with E-state index in [1.54, 1.807) is 36.4 Å². The minimum atomic E-state index is -0.385. The number of fused-ring (bicyclic) bond motifs is 1. The molecule has 2 N–H and O–H groups in total. The number of rotatable bonds is 5. The fourth-order valence-corrected chi connectivity index (χ4v) is 2.83. The molecular formula is C21H18N4O4. The third-order valence-corrected chi connectivity index (χ3v) is 4.24. The van der Waals surface area contributed by atoms with Gasteiger partial charge in [-0.3, -0.25) is 9.59 Å². The van der Waals surface area contributed by atoms with Crippen molar-refractivity contribution in [2.75, 3.05) is 23.8 Å². The minimum absolute atomic E-state index is 0.0316. The number of benzene rings is 2. The topological polar surface area (TPSA) is 102 Å². The Labute approximate surface area is 166 Å². The lowest BCUT2D eigenvalue weighted by molar-refractivity contribution is 0.101. The molecule has 0 spiro atoms. The Morgan fingerprint density at radius 3 is 2.59 bits per heavy atom. The van der Waals surface area contributed by atoms with E-state index in [-0.39, 0.29) is 17.4 Å². The fraction of sp³-hybridized carbons (Fsp3) is 0.143. The third kappa shape index (κ3) is 4.32. The van der Waals surface area contributed by atoms with Gasteiger partial charge >= 0.3 is 0 Å². The fourth-order valence-electron chi connectivity index (χ4n) is 2.83. The highest BCUT2D eigenvalue weighted by molar-refractivity contribution is 6.03. The maximum Gasteiger partial charge on any atom is 0.274 e. The Morgan fingerprint density at radius 1 is 0.931 bits per heavy atom. The van der Waals surface area contributed by atoms with Gasteiger partial charge in [0.05, 0.1) is 0 Å². The van der Waals surface area contributed by atoms with Gasteiger partial charge in [0, 0.05) is 29.1 Å². The van der Waals surface area contributed by atoms with E-state index in [4.69, 9.17) is 9.47 Å². The van der Waals surface area contributed by atoms with Crippen molar-refractivity contribution in [1.29, 1.82) is 0 Å². The Hall–Kier alpha value is -3.94. The lowest BCUT2D eigenvalue weighted by Gasteiger charge is -2.19. The Bertz CT molecular complexity index is 1080. The van der Waals surface area contributed by atoms with Gasteiger partial charge in [-0.05, 0) is 31.2 Å². The summed E-state index contributed by atoms with van der Waals surface area (Å²) >= 11 is 0. The summed E-state index contributed by atoms with van der Waals surface area (Å²) < 4.78 is 11.0. The first-order valence-electron chi connectivity index (χ1n) is 8.99. The normalized spacial score (nSPS) is 12.2. The molecule has 4 rings (SSSR count). The molecule has 1 aliphatic rings. The molecule has 0 saturated carbocycles. The number of amides is 1. The molecule has 8 heteroatoms. The number of nitrogens with one attached hydrogen (secondary N) is 2. The van der Waals surface area contributed by atoms with Gasteiger partial charge in [-0.15, -0.1) is 0 Å². The van der Waals surface area contributed by atoms with Crippen LogP contribution in [0.2, 0.25) is 0 Å². The van der Waals surface area contributed by atoms with Crippen LogP contribution in [0.4, 0.5) is 17.2 Å². The number of aromatic nitrogens is 2. The first kappa shape index (κ1) is 18.4. The lowest BCUT2D eigenvalue weighted by Crippen LogP contribution is -2.17. The summed E-state index contributed by atoms with van der Waals surface area (Å²) in [5.74, 6) is 1.26. The smallest absolute Gasteiger partial charge is 0.274 e. The maximum absolute atomic E-state index is 12.6. The molecule has 0 bridgehead atoms. The average Bonchev–Trinajstić information content (AvgIpc) is 2.74. The predicted octanol–water partition coefficient (Wildman–Crippen LogP) is 3.45. The van der Waals surface area contributed by atoms with Crippen LogP contribution >= 0.6 is 0 Å². The molecule has 1 aliphatic heterocycles. The number of ether oxygens (including phenoxy) is 2. The number of carbonyl (C=O) groups excluding carboxylic acids is 2. The van der Waals surface area contributed by atoms with Crippen molar-refractivity contribution in [3.63, 3.8) is 0 Å². The summed E-state index contributed by atoms with van der Waals surface area (Å²) in [4.78, 5) is 32.3. The molecule has 2 heterocycles. The van der Waals surface area contributed by atoms with Gasteiger partial charge in [0.25, 0.3) is 5.91 Å². The summed E-state index contributed by atoms with van der Waals surface area (Å²) in [5, 5.41) is 5.87. The Balaban J connectivity index is 1.49. The molecule has 1 amide bonds. The number of hydrogen-bond acceptors (Lipinski definition) is 7. The standard InChI is InChI=1S/C21H18N4O4/c1-13(26)14-3-2-4-15(9-14)24-20-11-17(22-12-23-20)21(27)25-16-5-6-18-19(10-16)29-8-7-28-18/h2-6,9-12H,7-8H2,1H3,(H,25,27)(H,22,23,24). The van der Waals surface area contributed by atoms with Crippen LogP contribution in [0.15, 0.2) is 54.9 Å². The largest absolute Gasteiger partial charge is 0.486 e. The molecule has 8 nitrogen and oxygen atoms in total. The van der Waals surface area contributed by atoms with Crippen molar-refractivity contribution in [1.82, 2.24) is 9.97 Å². The van der Waals surface area contributed by atoms with Gasteiger partial charge in [0.15, 0.2) is 17.3 Å². The number of Topliss-reactive ketones (excluding diaryl/α,β-unsaturated/α-hetero) is 1. The quantitative estimate of drug-likeness (QED) is 0.643. The van der Waals surface area contributed by atoms with E-state index in [0.29, 0.717) is 47.5 Å². The molecule has 0 atom stereocenters. The molecule has 1 aromatic heterocycles. The van der Waals surface area contributed by atoms with E-state index in [0.717, 1.165) is 0 Å². The SMILES string of the molecule is CC(=O)c1cccc(Nc2cc(C(=O)Nc3ccc4c(c3)OCCO4)ncn2)c1. The number of hydrogen-bond donors (Lipinski definition) is 2. The monoisotopic (exact) mass is 390 g/mol. The van der Waals surface area contributed by atoms with Crippen LogP contribution < -0.4 is 20.1 Å². The predicted molar refractivity (Wildman–Crippen MR) is 107 cm³/mol. The van der Waals surface area contributed by atoms with Crippen LogP contribution in [0.3, 0.4) is 0 Å². The van der Waals surface area contributed by atoms with Gasteiger partial charge in [-0.1, -0.05) is 12.1 Å². The van der Waals surface area contributed by atoms with E-state index in [9.17, 15) is 9.59 Å². The van der Waals surface area contributed by atoms with Crippen LogP contribution in [0.25, 0.3) is 0 Å². The zero-order valence-electron chi connectivity index (χ0n) is 15.6. The number of carbonyl (C=O) groups is 2. The minimum Gasteiger partial charge on any atom is -0.486 e. The van der Waals surface area contributed by atoms with Crippen LogP contribution in [0.5, 0.6) is 11.5 Å². The summed E-state index contributed by atoms with van der Waals surface area (Å²) in [7, 11) is 0. The number of ketones is 1. The van der Waals surface area contributed by atoms with Crippen LogP contribution in [0, 0.1) is 0 Å². The van der Waals surface area contributed by atoms with Gasteiger partial charge < -0.3 is 20.1 Å². The molecule has 0 radical (unpaired) electrons. The highest BCUT2D eigenvalue weighted by atomic mass is 16.6. The lowest BCUT2D eigenvalue weighted by atomic mass is 10.1. The second-order valence-corrected chi connectivity index (χ2v) is 6.36. The molecule has 0 unspecified atom stereocenters. The summed E-state index contributed by atoms with van der Waals surface area (Å²) in [6, 6.07) is 13.8. The second kappa shape index (κ2) is 7.97. The Kier molecular flexibility index (Phi) is 5.07. The summed E-state index contributed by atoms with van der Waals surface area (Å²) in [6.45, 7) is 2.48. The first-order chi connectivity index (χ1) is 14.1. The highest BCUT2D eigenvalue weighted by Crippen LogP contribution is 2.32. The van der Waals surface area contributed by atoms with Crippen LogP contribution in [0.1, 0.15) is 27.8 Å². The Morgan fingerprint density at radius 2 is 1.76 bits per heavy atom. The zero-order chi connectivity index (χ0) is 20.2. The van der Waals surface area contributed by atoms with E-state index in [1.807, 2.05) is 6.07 Å². The molecule has 0 saturated heterocycles. The maximum atomic E-state index is 12.6. The van der Waals surface area contributed by atoms with E-state index >= 15 is 0 Å². The van der Waals surface area contributed by atoms with Crippen molar-refractivity contribution < 1.29 is 19.1 Å². The molecule has 29 heavy (non-hydrogen) atoms. The highest BCUT2D eigenvalue weighted by Gasteiger charge is 2.14. The van der Waals surface area contributed by atoms with Gasteiger partial charge in [-0.2, -0.15) is 0 Å². The van der Waals surface area contributed by atoms with Gasteiger partial charge in [-0.25, -0.2) is 9.97 Å². The van der Waals surface area contributed by atoms with Crippen molar-refractivity contribution in [3.8, 4) is 11.5 Å². The number of anilines is 3. The van der Waals surface area contributed by atoms with Crippen LogP contribution in [-0.2, 0) is 0 Å². The van der Waals surface area contributed by atoms with Crippen molar-refractivity contribution in [2.24, 2.45) is 0 Å². The van der Waals surface area contributed by atoms with E-state index in [1.165, 1.54) is 19.3 Å². The van der Waals surface area contributed by atoms with E-state index in [2.05, 4.69) is 20.6 Å². The molecule has 0 aliphatic carbocycles. The van der Waals surface area contributed by atoms with Crippen molar-refractivity contribution in [2.45, 2.75) is 6.92 Å². The first-order valence-corrected chi connectivity index (χ1v) is 8.99. The van der Waals surface area contributed by atoms with Gasteiger partial charge in [0.1, 0.15) is 31.1 Å². The molecular weight excluding hydrogens is 372 g/mol. The molecule has 3 aromatic rings. The summed E-state index contributed by atoms with van der Waals surface area (Å²) in [6.07, 6.45) is 1.30. The summed E-state index contributed by atoms with van der Waals surface area (Å²) in [5.41, 5.74) is 2.04.